The number of anilines is 1. The van der Waals surface area contributed by atoms with Crippen molar-refractivity contribution in [2.75, 3.05) is 5.32 Å². The minimum absolute atomic E-state index is 0.150. The summed E-state index contributed by atoms with van der Waals surface area (Å²) in [5.41, 5.74) is -0.736. The van der Waals surface area contributed by atoms with Crippen LogP contribution in [0, 0.1) is 0 Å². The van der Waals surface area contributed by atoms with Crippen LogP contribution < -0.4 is 10.9 Å². The first-order chi connectivity index (χ1) is 7.88. The largest absolute Gasteiger partial charge is 0.391 e. The van der Waals surface area contributed by atoms with Gasteiger partial charge in [0, 0.05) is 18.9 Å². The second kappa shape index (κ2) is 5.31. The van der Waals surface area contributed by atoms with Crippen LogP contribution in [-0.4, -0.2) is 26.3 Å². The van der Waals surface area contributed by atoms with Crippen LogP contribution in [0.15, 0.2) is 17.2 Å². The zero-order valence-corrected chi connectivity index (χ0v) is 10.9. The Bertz CT molecular complexity index is 424. The maximum absolute atomic E-state index is 12.0. The van der Waals surface area contributed by atoms with Gasteiger partial charge in [0.2, 0.25) is 0 Å². The van der Waals surface area contributed by atoms with Gasteiger partial charge in [0.1, 0.15) is 0 Å². The minimum atomic E-state index is -0.586. The van der Waals surface area contributed by atoms with Crippen LogP contribution in [0.2, 0.25) is 0 Å². The van der Waals surface area contributed by atoms with Gasteiger partial charge < -0.3 is 15.0 Å². The number of nitrogens with one attached hydrogen (secondary N) is 1. The van der Waals surface area contributed by atoms with E-state index in [0.29, 0.717) is 6.54 Å². The maximum atomic E-state index is 12.0. The van der Waals surface area contributed by atoms with Crippen LogP contribution in [0.1, 0.15) is 34.1 Å². The summed E-state index contributed by atoms with van der Waals surface area (Å²) in [5, 5.41) is 12.6. The van der Waals surface area contributed by atoms with Gasteiger partial charge in [0.25, 0.3) is 5.56 Å². The molecule has 1 atom stereocenters. The van der Waals surface area contributed by atoms with Gasteiger partial charge in [0.15, 0.2) is 5.82 Å². The molecule has 0 saturated heterocycles. The first kappa shape index (κ1) is 13.7. The fourth-order valence-electron chi connectivity index (χ4n) is 1.36. The van der Waals surface area contributed by atoms with Gasteiger partial charge in [-0.15, -0.1) is 0 Å². The van der Waals surface area contributed by atoms with Gasteiger partial charge in [0.05, 0.1) is 11.6 Å². The summed E-state index contributed by atoms with van der Waals surface area (Å²) < 4.78 is 1.62. The molecule has 1 heterocycles. The van der Waals surface area contributed by atoms with Gasteiger partial charge >= 0.3 is 0 Å². The molecule has 1 aromatic rings. The molecule has 0 radical (unpaired) electrons. The molecule has 0 saturated carbocycles. The molecule has 5 heteroatoms. The predicted molar refractivity (Wildman–Crippen MR) is 68.2 cm³/mol. The van der Waals surface area contributed by atoms with E-state index in [1.165, 1.54) is 0 Å². The summed E-state index contributed by atoms with van der Waals surface area (Å²) in [6, 6.07) is 0. The van der Waals surface area contributed by atoms with Gasteiger partial charge in [-0.1, -0.05) is 6.92 Å². The molecule has 0 amide bonds. The van der Waals surface area contributed by atoms with E-state index in [2.05, 4.69) is 10.3 Å². The number of aliphatic hydroxyl groups excluding tert-OH is 1. The van der Waals surface area contributed by atoms with Crippen molar-refractivity contribution in [3.63, 3.8) is 0 Å². The lowest BCUT2D eigenvalue weighted by Gasteiger charge is -2.29. The van der Waals surface area contributed by atoms with Crippen molar-refractivity contribution in [3.05, 3.63) is 22.7 Å². The van der Waals surface area contributed by atoms with E-state index in [1.807, 2.05) is 20.8 Å². The standard InChI is InChI=1S/C12H21N3O2/c1-5-7-15-8-6-13-10(11(15)17)14-12(3,4)9(2)16/h6,8-9,16H,5,7H2,1-4H3,(H,13,14). The van der Waals surface area contributed by atoms with Crippen molar-refractivity contribution in [3.8, 4) is 0 Å². The average Bonchev–Trinajstić information content (AvgIpc) is 2.24. The summed E-state index contributed by atoms with van der Waals surface area (Å²) >= 11 is 0. The summed E-state index contributed by atoms with van der Waals surface area (Å²) in [5.74, 6) is 0.284. The van der Waals surface area contributed by atoms with Crippen LogP contribution >= 0.6 is 0 Å². The van der Waals surface area contributed by atoms with Crippen molar-refractivity contribution in [2.24, 2.45) is 0 Å². The van der Waals surface area contributed by atoms with Crippen molar-refractivity contribution in [2.45, 2.75) is 52.3 Å². The number of hydrogen-bond donors (Lipinski definition) is 2. The molecule has 1 unspecified atom stereocenters. The van der Waals surface area contributed by atoms with Crippen LogP contribution in [-0.2, 0) is 6.54 Å². The van der Waals surface area contributed by atoms with E-state index < -0.39 is 11.6 Å². The topological polar surface area (TPSA) is 67.2 Å². The Balaban J connectivity index is 3.00. The molecule has 0 aromatic carbocycles. The zero-order chi connectivity index (χ0) is 13.1. The number of aryl methyl sites for hydroxylation is 1. The molecule has 0 fully saturated rings. The number of aromatic nitrogens is 2. The van der Waals surface area contributed by atoms with Gasteiger partial charge in [-0.2, -0.15) is 0 Å². The molecule has 0 spiro atoms. The molecular weight excluding hydrogens is 218 g/mol. The van der Waals surface area contributed by atoms with Crippen molar-refractivity contribution in [1.29, 1.82) is 0 Å². The summed E-state index contributed by atoms with van der Waals surface area (Å²) in [7, 11) is 0. The van der Waals surface area contributed by atoms with E-state index >= 15 is 0 Å². The molecule has 0 aliphatic heterocycles. The maximum Gasteiger partial charge on any atom is 0.293 e. The first-order valence-corrected chi connectivity index (χ1v) is 5.90. The molecule has 0 bridgehead atoms. The Kier molecular flexibility index (Phi) is 4.28. The number of aliphatic hydroxyl groups is 1. The minimum Gasteiger partial charge on any atom is -0.391 e. The fraction of sp³-hybridized carbons (Fsp3) is 0.667. The van der Waals surface area contributed by atoms with E-state index in [0.717, 1.165) is 6.42 Å². The third-order valence-corrected chi connectivity index (χ3v) is 2.86. The lowest BCUT2D eigenvalue weighted by molar-refractivity contribution is 0.133. The quantitative estimate of drug-likeness (QED) is 0.811. The first-order valence-electron chi connectivity index (χ1n) is 5.90. The van der Waals surface area contributed by atoms with Crippen molar-refractivity contribution < 1.29 is 5.11 Å². The second-order valence-electron chi connectivity index (χ2n) is 4.80. The Morgan fingerprint density at radius 3 is 2.76 bits per heavy atom. The van der Waals surface area contributed by atoms with Crippen LogP contribution in [0.25, 0.3) is 0 Å². The lowest BCUT2D eigenvalue weighted by atomic mass is 9.99. The highest BCUT2D eigenvalue weighted by molar-refractivity contribution is 5.34. The molecule has 0 aliphatic carbocycles. The second-order valence-corrected chi connectivity index (χ2v) is 4.80. The highest BCUT2D eigenvalue weighted by atomic mass is 16.3. The van der Waals surface area contributed by atoms with Crippen molar-refractivity contribution >= 4 is 5.82 Å². The van der Waals surface area contributed by atoms with Gasteiger partial charge in [-0.3, -0.25) is 4.79 Å². The number of nitrogens with zero attached hydrogens (tertiary/aromatic N) is 2. The smallest absolute Gasteiger partial charge is 0.293 e. The Hall–Kier alpha value is -1.36. The lowest BCUT2D eigenvalue weighted by Crippen LogP contribution is -2.44. The monoisotopic (exact) mass is 239 g/mol. The third kappa shape index (κ3) is 3.30. The molecule has 1 aromatic heterocycles. The third-order valence-electron chi connectivity index (χ3n) is 2.86. The van der Waals surface area contributed by atoms with Crippen LogP contribution in [0.3, 0.4) is 0 Å². The number of hydrogen-bond acceptors (Lipinski definition) is 4. The Morgan fingerprint density at radius 1 is 1.59 bits per heavy atom. The Labute approximate surface area is 102 Å². The Morgan fingerprint density at radius 2 is 2.24 bits per heavy atom. The highest BCUT2D eigenvalue weighted by Crippen LogP contribution is 2.13. The van der Waals surface area contributed by atoms with E-state index in [4.69, 9.17) is 0 Å². The highest BCUT2D eigenvalue weighted by Gasteiger charge is 2.25. The summed E-state index contributed by atoms with van der Waals surface area (Å²) in [6.07, 6.45) is 3.58. The normalized spacial score (nSPS) is 13.5. The number of rotatable bonds is 5. The average molecular weight is 239 g/mol. The van der Waals surface area contributed by atoms with Crippen LogP contribution in [0.5, 0.6) is 0 Å². The molecule has 2 N–H and O–H groups in total. The van der Waals surface area contributed by atoms with E-state index in [9.17, 15) is 9.90 Å². The molecule has 1 rings (SSSR count). The van der Waals surface area contributed by atoms with Gasteiger partial charge in [-0.25, -0.2) is 4.98 Å². The van der Waals surface area contributed by atoms with Crippen LogP contribution in [0.4, 0.5) is 5.82 Å². The molecule has 96 valence electrons. The fourth-order valence-corrected chi connectivity index (χ4v) is 1.36. The summed E-state index contributed by atoms with van der Waals surface area (Å²) in [4.78, 5) is 16.0. The van der Waals surface area contributed by atoms with E-state index in [1.54, 1.807) is 23.9 Å². The molecule has 0 aliphatic rings. The SMILES string of the molecule is CCCn1ccnc(NC(C)(C)C(C)O)c1=O. The molecular formula is C12H21N3O2. The van der Waals surface area contributed by atoms with Gasteiger partial charge in [-0.05, 0) is 27.2 Å². The summed E-state index contributed by atoms with van der Waals surface area (Å²) in [6.45, 7) is 8.03. The molecule has 17 heavy (non-hydrogen) atoms. The van der Waals surface area contributed by atoms with Crippen molar-refractivity contribution in [1.82, 2.24) is 9.55 Å². The van der Waals surface area contributed by atoms with E-state index in [-0.39, 0.29) is 11.4 Å². The zero-order valence-electron chi connectivity index (χ0n) is 10.9. The molecule has 5 nitrogen and oxygen atoms in total. The predicted octanol–water partition coefficient (Wildman–Crippen LogP) is 1.22.